The molecule has 1 saturated heterocycles. The summed E-state index contributed by atoms with van der Waals surface area (Å²) in [6.07, 6.45) is -2.89. The van der Waals surface area contributed by atoms with E-state index in [9.17, 15) is 18.0 Å². The summed E-state index contributed by atoms with van der Waals surface area (Å²) in [6, 6.07) is 10.6. The second-order valence-electron chi connectivity index (χ2n) is 7.08. The van der Waals surface area contributed by atoms with Gasteiger partial charge in [-0.15, -0.1) is 5.10 Å². The number of tetrazole rings is 1. The zero-order valence-electron chi connectivity index (χ0n) is 16.2. The number of carbonyl (C=O) groups is 1. The molecule has 0 spiro atoms. The molecule has 7 nitrogen and oxygen atoms in total. The summed E-state index contributed by atoms with van der Waals surface area (Å²) in [5.74, 6) is -0.106. The standard InChI is InChI=1S/C20H19F3N6O/c1-14-11-15(5-6-18(14)29-13-24-25-26-29)19(30)28-9-7-27(8-10-28)17-4-2-3-16(12-17)20(21,22)23/h2-6,11-13H,7-10H2,1H3. The lowest BCUT2D eigenvalue weighted by Gasteiger charge is -2.36. The lowest BCUT2D eigenvalue weighted by atomic mass is 10.1. The fourth-order valence-corrected chi connectivity index (χ4v) is 3.55. The van der Waals surface area contributed by atoms with Gasteiger partial charge in [0.1, 0.15) is 6.33 Å². The van der Waals surface area contributed by atoms with E-state index in [4.69, 9.17) is 0 Å². The molecule has 10 heteroatoms. The Morgan fingerprint density at radius 3 is 2.43 bits per heavy atom. The Labute approximate surface area is 170 Å². The molecule has 0 radical (unpaired) electrons. The van der Waals surface area contributed by atoms with E-state index >= 15 is 0 Å². The van der Waals surface area contributed by atoms with Crippen molar-refractivity contribution in [3.63, 3.8) is 0 Å². The number of halogens is 3. The molecule has 2 heterocycles. The van der Waals surface area contributed by atoms with Crippen LogP contribution < -0.4 is 4.90 Å². The number of hydrogen-bond donors (Lipinski definition) is 0. The first kappa shape index (κ1) is 19.9. The van der Waals surface area contributed by atoms with Gasteiger partial charge in [-0.25, -0.2) is 4.68 Å². The van der Waals surface area contributed by atoms with Crippen molar-refractivity contribution in [1.82, 2.24) is 25.1 Å². The lowest BCUT2D eigenvalue weighted by Crippen LogP contribution is -2.48. The van der Waals surface area contributed by atoms with E-state index in [1.54, 1.807) is 29.2 Å². The molecule has 0 atom stereocenters. The van der Waals surface area contributed by atoms with E-state index in [2.05, 4.69) is 15.5 Å². The van der Waals surface area contributed by atoms with E-state index in [1.165, 1.54) is 17.1 Å². The highest BCUT2D eigenvalue weighted by molar-refractivity contribution is 5.95. The summed E-state index contributed by atoms with van der Waals surface area (Å²) in [4.78, 5) is 16.5. The van der Waals surface area contributed by atoms with Crippen molar-refractivity contribution in [2.24, 2.45) is 0 Å². The topological polar surface area (TPSA) is 67.2 Å². The molecule has 1 amide bonds. The smallest absolute Gasteiger partial charge is 0.368 e. The molecule has 0 N–H and O–H groups in total. The molecule has 1 aromatic heterocycles. The third kappa shape index (κ3) is 3.98. The first-order valence-electron chi connectivity index (χ1n) is 9.38. The molecule has 1 fully saturated rings. The van der Waals surface area contributed by atoms with Crippen LogP contribution in [-0.2, 0) is 6.18 Å². The third-order valence-corrected chi connectivity index (χ3v) is 5.15. The quantitative estimate of drug-likeness (QED) is 0.657. The number of aryl methyl sites for hydroxylation is 1. The molecule has 3 aromatic rings. The van der Waals surface area contributed by atoms with Crippen LogP contribution >= 0.6 is 0 Å². The molecule has 0 bridgehead atoms. The van der Waals surface area contributed by atoms with Crippen molar-refractivity contribution < 1.29 is 18.0 Å². The highest BCUT2D eigenvalue weighted by Gasteiger charge is 2.31. The van der Waals surface area contributed by atoms with Gasteiger partial charge >= 0.3 is 6.18 Å². The Hall–Kier alpha value is -3.43. The molecule has 0 aliphatic carbocycles. The Morgan fingerprint density at radius 2 is 1.80 bits per heavy atom. The largest absolute Gasteiger partial charge is 0.416 e. The average Bonchev–Trinajstić information content (AvgIpc) is 3.27. The molecule has 0 unspecified atom stereocenters. The van der Waals surface area contributed by atoms with Crippen LogP contribution in [0.2, 0.25) is 0 Å². The van der Waals surface area contributed by atoms with Crippen molar-refractivity contribution in [2.45, 2.75) is 13.1 Å². The molecule has 156 valence electrons. The summed E-state index contributed by atoms with van der Waals surface area (Å²) in [5, 5.41) is 11.1. The fraction of sp³-hybridized carbons (Fsp3) is 0.300. The Morgan fingerprint density at radius 1 is 1.03 bits per heavy atom. The van der Waals surface area contributed by atoms with Crippen LogP contribution in [0.15, 0.2) is 48.8 Å². The molecule has 1 aliphatic rings. The SMILES string of the molecule is Cc1cc(C(=O)N2CCN(c3cccc(C(F)(F)F)c3)CC2)ccc1-n1cnnn1. The monoisotopic (exact) mass is 416 g/mol. The zero-order valence-corrected chi connectivity index (χ0v) is 16.2. The summed E-state index contributed by atoms with van der Waals surface area (Å²) >= 11 is 0. The van der Waals surface area contributed by atoms with Crippen LogP contribution in [0.5, 0.6) is 0 Å². The Bertz CT molecular complexity index is 1040. The number of hydrogen-bond acceptors (Lipinski definition) is 5. The number of benzene rings is 2. The second kappa shape index (κ2) is 7.77. The molecule has 30 heavy (non-hydrogen) atoms. The molecule has 2 aromatic carbocycles. The molecule has 1 aliphatic heterocycles. The van der Waals surface area contributed by atoms with E-state index in [1.807, 2.05) is 11.8 Å². The van der Waals surface area contributed by atoms with E-state index in [0.717, 1.165) is 23.4 Å². The minimum atomic E-state index is -4.37. The van der Waals surface area contributed by atoms with Crippen LogP contribution in [0.1, 0.15) is 21.5 Å². The van der Waals surface area contributed by atoms with Crippen molar-refractivity contribution >= 4 is 11.6 Å². The highest BCUT2D eigenvalue weighted by atomic mass is 19.4. The van der Waals surface area contributed by atoms with Gasteiger partial charge in [0.2, 0.25) is 0 Å². The molecule has 4 rings (SSSR count). The number of anilines is 1. The summed E-state index contributed by atoms with van der Waals surface area (Å²) in [5.41, 5.74) is 2.04. The fourth-order valence-electron chi connectivity index (χ4n) is 3.55. The number of alkyl halides is 3. The van der Waals surface area contributed by atoms with Gasteiger partial charge in [-0.3, -0.25) is 4.79 Å². The van der Waals surface area contributed by atoms with Crippen LogP contribution in [-0.4, -0.2) is 57.2 Å². The second-order valence-corrected chi connectivity index (χ2v) is 7.08. The van der Waals surface area contributed by atoms with Crippen molar-refractivity contribution in [1.29, 1.82) is 0 Å². The van der Waals surface area contributed by atoms with E-state index in [-0.39, 0.29) is 5.91 Å². The van der Waals surface area contributed by atoms with E-state index < -0.39 is 11.7 Å². The van der Waals surface area contributed by atoms with Crippen LogP contribution in [0, 0.1) is 6.92 Å². The normalized spacial score (nSPS) is 14.8. The Balaban J connectivity index is 1.43. The average molecular weight is 416 g/mol. The first-order chi connectivity index (χ1) is 14.3. The number of nitrogens with zero attached hydrogens (tertiary/aromatic N) is 6. The first-order valence-corrected chi connectivity index (χ1v) is 9.38. The number of rotatable bonds is 3. The van der Waals surface area contributed by atoms with Gasteiger partial charge in [0.15, 0.2) is 0 Å². The zero-order chi connectivity index (χ0) is 21.3. The number of piperazine rings is 1. The van der Waals surface area contributed by atoms with Crippen molar-refractivity contribution in [2.75, 3.05) is 31.1 Å². The third-order valence-electron chi connectivity index (χ3n) is 5.15. The lowest BCUT2D eigenvalue weighted by molar-refractivity contribution is -0.137. The van der Waals surface area contributed by atoms with Crippen LogP contribution in [0.4, 0.5) is 18.9 Å². The maximum absolute atomic E-state index is 13.0. The van der Waals surface area contributed by atoms with Gasteiger partial charge in [0, 0.05) is 37.4 Å². The van der Waals surface area contributed by atoms with Crippen molar-refractivity contribution in [3.05, 3.63) is 65.5 Å². The maximum Gasteiger partial charge on any atom is 0.416 e. The summed E-state index contributed by atoms with van der Waals surface area (Å²) in [6.45, 7) is 3.68. The van der Waals surface area contributed by atoms with Gasteiger partial charge in [-0.2, -0.15) is 13.2 Å². The molecular formula is C20H19F3N6O. The molecular weight excluding hydrogens is 397 g/mol. The summed E-state index contributed by atoms with van der Waals surface area (Å²) in [7, 11) is 0. The van der Waals surface area contributed by atoms with Crippen LogP contribution in [0.25, 0.3) is 5.69 Å². The number of aromatic nitrogens is 4. The van der Waals surface area contributed by atoms with Gasteiger partial charge in [0.05, 0.1) is 11.3 Å². The highest BCUT2D eigenvalue weighted by Crippen LogP contribution is 2.32. The van der Waals surface area contributed by atoms with Gasteiger partial charge in [0.25, 0.3) is 5.91 Å². The summed E-state index contributed by atoms with van der Waals surface area (Å²) < 4.78 is 40.4. The maximum atomic E-state index is 13.0. The van der Waals surface area contributed by atoms with E-state index in [0.29, 0.717) is 37.4 Å². The number of amides is 1. The van der Waals surface area contributed by atoms with Gasteiger partial charge in [-0.1, -0.05) is 6.07 Å². The predicted molar refractivity (Wildman–Crippen MR) is 103 cm³/mol. The van der Waals surface area contributed by atoms with Gasteiger partial charge in [-0.05, 0) is 59.3 Å². The predicted octanol–water partition coefficient (Wildman–Crippen LogP) is 2.95. The Kier molecular flexibility index (Phi) is 5.15. The molecule has 0 saturated carbocycles. The minimum Gasteiger partial charge on any atom is -0.368 e. The van der Waals surface area contributed by atoms with Crippen molar-refractivity contribution in [3.8, 4) is 5.69 Å². The minimum absolute atomic E-state index is 0.106. The van der Waals surface area contributed by atoms with Crippen LogP contribution in [0.3, 0.4) is 0 Å². The number of carbonyl (C=O) groups excluding carboxylic acids is 1. The van der Waals surface area contributed by atoms with Gasteiger partial charge < -0.3 is 9.80 Å².